The lowest BCUT2D eigenvalue weighted by Crippen LogP contribution is -2.30. The molecule has 0 aromatic heterocycles. The van der Waals surface area contributed by atoms with E-state index in [1.54, 1.807) is 6.08 Å². The van der Waals surface area contributed by atoms with Crippen molar-refractivity contribution in [3.63, 3.8) is 0 Å². The number of esters is 4. The molecule has 0 saturated heterocycles. The zero-order chi connectivity index (χ0) is 71.8. The number of allylic oxidation sites excluding steroid dienone is 17. The predicted octanol–water partition coefficient (Wildman–Crippen LogP) is 21.8. The van der Waals surface area contributed by atoms with Crippen LogP contribution < -0.4 is 0 Å². The number of aliphatic hydroxyl groups excluding tert-OH is 1. The fourth-order valence-corrected chi connectivity index (χ4v) is 11.5. The maximum Gasteiger partial charge on any atom is 0.472 e. The molecule has 0 spiro atoms. The number of hydrogen-bond donors (Lipinski definition) is 3. The maximum absolute atomic E-state index is 13.1. The number of aliphatic hydroxyl groups is 1. The molecule has 19 heteroatoms. The highest BCUT2D eigenvalue weighted by atomic mass is 31.2. The standard InChI is InChI=1S/C79H136O17P2/c1-5-9-13-17-21-25-29-33-36-40-43-47-51-55-59-63-76(81)89-69-74(95-78(83)65-61-57-53-49-45-39-32-28-24-20-16-12-8-4)71-93-97(85,86)91-67-73(80)68-92-98(87,88)94-72-75(96-79(84)66-62-58-54-50-46-42-38-35-31-27-23-19-15-11-7-3)70-90-77(82)64-60-56-52-48-44-41-37-34-30-26-22-18-14-10-6-2/h9,13,16,20-22,25-26,28,32-34,36-37,43,47,55,59,73-75,80H,5-8,10-12,14-15,17-19,23-24,27,29-31,35,38-42,44-46,48-54,56-58,60-72H2,1-4H3,(H,85,86)(H,87,88)/b13-9-,20-16-,25-21-,26-22-,32-28-,36-33-,37-34-,47-43-,59-55-. The molecule has 0 rings (SSSR count). The third-order valence-electron chi connectivity index (χ3n) is 15.7. The van der Waals surface area contributed by atoms with E-state index in [0.29, 0.717) is 25.7 Å². The minimum Gasteiger partial charge on any atom is -0.462 e. The molecule has 0 amide bonds. The second-order valence-corrected chi connectivity index (χ2v) is 28.1. The largest absolute Gasteiger partial charge is 0.472 e. The number of hydrogen-bond acceptors (Lipinski definition) is 15. The Morgan fingerprint density at radius 1 is 0.306 bits per heavy atom. The van der Waals surface area contributed by atoms with E-state index in [4.69, 9.17) is 37.0 Å². The molecule has 0 aliphatic carbocycles. The summed E-state index contributed by atoms with van der Waals surface area (Å²) in [5, 5.41) is 10.6. The Morgan fingerprint density at radius 3 is 0.969 bits per heavy atom. The molecule has 0 aliphatic rings. The van der Waals surface area contributed by atoms with Crippen molar-refractivity contribution in [2.75, 3.05) is 39.6 Å². The molecule has 0 aliphatic heterocycles. The van der Waals surface area contributed by atoms with Gasteiger partial charge >= 0.3 is 39.5 Å². The van der Waals surface area contributed by atoms with Gasteiger partial charge in [-0.25, -0.2) is 9.13 Å². The third-order valence-corrected chi connectivity index (χ3v) is 17.6. The molecule has 0 heterocycles. The second-order valence-electron chi connectivity index (χ2n) is 25.2. The van der Waals surface area contributed by atoms with Crippen LogP contribution in [0.5, 0.6) is 0 Å². The first-order chi connectivity index (χ1) is 47.7. The number of phosphoric ester groups is 2. The summed E-state index contributed by atoms with van der Waals surface area (Å²) >= 11 is 0. The maximum atomic E-state index is 13.1. The summed E-state index contributed by atoms with van der Waals surface area (Å²) in [5.74, 6) is -2.34. The lowest BCUT2D eigenvalue weighted by atomic mass is 10.0. The van der Waals surface area contributed by atoms with Crippen LogP contribution >= 0.6 is 15.6 Å². The van der Waals surface area contributed by atoms with Crippen LogP contribution in [0.4, 0.5) is 0 Å². The Labute approximate surface area is 594 Å². The van der Waals surface area contributed by atoms with Crippen LogP contribution in [-0.2, 0) is 65.4 Å². The van der Waals surface area contributed by atoms with Crippen molar-refractivity contribution in [2.45, 2.75) is 329 Å². The van der Waals surface area contributed by atoms with Crippen molar-refractivity contribution in [3.8, 4) is 0 Å². The average Bonchev–Trinajstić information content (AvgIpc) is 0.959. The van der Waals surface area contributed by atoms with Crippen LogP contribution in [0.25, 0.3) is 0 Å². The van der Waals surface area contributed by atoms with Gasteiger partial charge in [0.15, 0.2) is 12.2 Å². The summed E-state index contributed by atoms with van der Waals surface area (Å²) in [7, 11) is -9.98. The van der Waals surface area contributed by atoms with Gasteiger partial charge in [-0.15, -0.1) is 0 Å². The molecule has 98 heavy (non-hydrogen) atoms. The van der Waals surface area contributed by atoms with Crippen molar-refractivity contribution >= 4 is 39.5 Å². The Bertz CT molecular complexity index is 2290. The van der Waals surface area contributed by atoms with Crippen molar-refractivity contribution < 1.29 is 80.2 Å². The zero-order valence-electron chi connectivity index (χ0n) is 61.4. The van der Waals surface area contributed by atoms with Crippen molar-refractivity contribution in [2.24, 2.45) is 0 Å². The SMILES string of the molecule is CC/C=C\C/C=C\C/C=C\C/C=C\C/C=C\CC(=O)OCC(COP(=O)(O)OCC(O)COP(=O)(O)OCC(COC(=O)CCCCCCC/C=C\C/C=C\CCCCC)OC(=O)CCCCCCCCCCCCCCCCC)OC(=O)CCCCCCC/C=C\C/C=C\CCC. The van der Waals surface area contributed by atoms with Gasteiger partial charge in [-0.1, -0.05) is 285 Å². The fraction of sp³-hybridized carbons (Fsp3) is 0.722. The topological polar surface area (TPSA) is 237 Å². The minimum absolute atomic E-state index is 0.0580. The molecule has 0 aromatic rings. The monoisotopic (exact) mass is 1420 g/mol. The summed E-state index contributed by atoms with van der Waals surface area (Å²) in [4.78, 5) is 72.8. The molecule has 0 fully saturated rings. The van der Waals surface area contributed by atoms with Gasteiger partial charge in [0.25, 0.3) is 0 Å². The Balaban J connectivity index is 5.42. The molecule has 17 nitrogen and oxygen atoms in total. The number of carbonyl (C=O) groups is 4. The van der Waals surface area contributed by atoms with Gasteiger partial charge in [0.05, 0.1) is 32.8 Å². The lowest BCUT2D eigenvalue weighted by Gasteiger charge is -2.21. The molecule has 3 N–H and O–H groups in total. The highest BCUT2D eigenvalue weighted by molar-refractivity contribution is 7.47. The van der Waals surface area contributed by atoms with Crippen LogP contribution in [0.3, 0.4) is 0 Å². The molecule has 5 unspecified atom stereocenters. The lowest BCUT2D eigenvalue weighted by molar-refractivity contribution is -0.161. The summed E-state index contributed by atoms with van der Waals surface area (Å²) in [6.07, 6.45) is 75.4. The molecule has 0 bridgehead atoms. The summed E-state index contributed by atoms with van der Waals surface area (Å²) < 4.78 is 68.3. The Kier molecular flexibility index (Phi) is 68.0. The highest BCUT2D eigenvalue weighted by Crippen LogP contribution is 2.45. The van der Waals surface area contributed by atoms with E-state index >= 15 is 0 Å². The van der Waals surface area contributed by atoms with E-state index in [0.717, 1.165) is 148 Å². The molecule has 5 atom stereocenters. The summed E-state index contributed by atoms with van der Waals surface area (Å²) in [6, 6.07) is 0. The van der Waals surface area contributed by atoms with Crippen molar-refractivity contribution in [3.05, 3.63) is 109 Å². The van der Waals surface area contributed by atoms with Gasteiger partial charge in [-0.2, -0.15) is 0 Å². The third kappa shape index (κ3) is 70.2. The molecule has 0 saturated carbocycles. The van der Waals surface area contributed by atoms with Gasteiger partial charge in [-0.05, 0) is 109 Å². The van der Waals surface area contributed by atoms with Crippen molar-refractivity contribution in [1.29, 1.82) is 0 Å². The molecule has 0 aromatic carbocycles. The van der Waals surface area contributed by atoms with E-state index in [1.165, 1.54) is 83.5 Å². The van der Waals surface area contributed by atoms with Gasteiger partial charge in [0, 0.05) is 19.3 Å². The number of unbranched alkanes of at least 4 members (excludes halogenated alkanes) is 28. The number of ether oxygens (including phenoxy) is 4. The van der Waals surface area contributed by atoms with E-state index in [-0.39, 0.29) is 25.7 Å². The Morgan fingerprint density at radius 2 is 0.592 bits per heavy atom. The van der Waals surface area contributed by atoms with E-state index in [1.807, 2.05) is 18.2 Å². The number of carbonyl (C=O) groups excluding carboxylic acids is 4. The van der Waals surface area contributed by atoms with Crippen LogP contribution in [-0.4, -0.2) is 96.7 Å². The van der Waals surface area contributed by atoms with E-state index < -0.39 is 97.5 Å². The predicted molar refractivity (Wildman–Crippen MR) is 399 cm³/mol. The second kappa shape index (κ2) is 71.1. The van der Waals surface area contributed by atoms with Gasteiger partial charge in [0.2, 0.25) is 0 Å². The number of phosphoric acid groups is 2. The van der Waals surface area contributed by atoms with Gasteiger partial charge in [-0.3, -0.25) is 37.3 Å². The van der Waals surface area contributed by atoms with Crippen molar-refractivity contribution in [1.82, 2.24) is 0 Å². The highest BCUT2D eigenvalue weighted by Gasteiger charge is 2.30. The first-order valence-electron chi connectivity index (χ1n) is 38.1. The number of rotatable bonds is 71. The van der Waals surface area contributed by atoms with E-state index in [2.05, 4.69) is 113 Å². The first kappa shape index (κ1) is 93.7. The molecule has 564 valence electrons. The summed E-state index contributed by atoms with van der Waals surface area (Å²) in [5.41, 5.74) is 0. The first-order valence-corrected chi connectivity index (χ1v) is 41.1. The summed E-state index contributed by atoms with van der Waals surface area (Å²) in [6.45, 7) is 4.54. The van der Waals surface area contributed by atoms with Crippen LogP contribution in [0, 0.1) is 0 Å². The van der Waals surface area contributed by atoms with Crippen LogP contribution in [0.1, 0.15) is 310 Å². The zero-order valence-corrected chi connectivity index (χ0v) is 63.2. The molecule has 0 radical (unpaired) electrons. The van der Waals surface area contributed by atoms with Gasteiger partial charge in [0.1, 0.15) is 19.3 Å². The molecular weight excluding hydrogens is 1280 g/mol. The molecular formula is C79H136O17P2. The normalized spacial score (nSPS) is 14.6. The Hall–Kier alpha value is -4.28. The van der Waals surface area contributed by atoms with Gasteiger partial charge < -0.3 is 33.8 Å². The smallest absolute Gasteiger partial charge is 0.462 e. The minimum atomic E-state index is -5.00. The van der Waals surface area contributed by atoms with Crippen LogP contribution in [0.15, 0.2) is 109 Å². The average molecular weight is 1420 g/mol. The van der Waals surface area contributed by atoms with E-state index in [9.17, 15) is 43.2 Å². The fourth-order valence-electron chi connectivity index (χ4n) is 9.95. The quantitative estimate of drug-likeness (QED) is 0.0169. The van der Waals surface area contributed by atoms with Crippen LogP contribution in [0.2, 0.25) is 0 Å².